The molecule has 98 valence electrons. The Labute approximate surface area is 109 Å². The number of amides is 2. The number of aliphatic hydroxyl groups excluding tert-OH is 1. The maximum atomic E-state index is 11.4. The fourth-order valence-corrected chi connectivity index (χ4v) is 2.25. The summed E-state index contributed by atoms with van der Waals surface area (Å²) < 4.78 is 0. The van der Waals surface area contributed by atoms with E-state index in [0.717, 1.165) is 17.7 Å². The predicted octanol–water partition coefficient (Wildman–Crippen LogP) is 0.566. The summed E-state index contributed by atoms with van der Waals surface area (Å²) in [5.41, 5.74) is 0. The van der Waals surface area contributed by atoms with Gasteiger partial charge in [0.1, 0.15) is 0 Å². The molecule has 2 rings (SSSR count). The molecule has 2 amide bonds. The summed E-state index contributed by atoms with van der Waals surface area (Å²) in [6.07, 6.45) is 1.73. The van der Waals surface area contributed by atoms with Crippen LogP contribution in [0.2, 0.25) is 0 Å². The highest BCUT2D eigenvalue weighted by atomic mass is 32.1. The Balaban J connectivity index is 1.65. The molecule has 1 heterocycles. The molecule has 1 saturated carbocycles. The second kappa shape index (κ2) is 5.97. The molecule has 1 fully saturated rings. The molecule has 0 radical (unpaired) electrons. The van der Waals surface area contributed by atoms with Crippen LogP contribution >= 0.6 is 11.3 Å². The lowest BCUT2D eigenvalue weighted by Crippen LogP contribution is -2.41. The summed E-state index contributed by atoms with van der Waals surface area (Å²) in [5, 5.41) is 16.8. The molecule has 1 aliphatic carbocycles. The van der Waals surface area contributed by atoms with Crippen molar-refractivity contribution in [2.45, 2.75) is 31.4 Å². The van der Waals surface area contributed by atoms with Gasteiger partial charge in [0.15, 0.2) is 0 Å². The van der Waals surface area contributed by atoms with Crippen LogP contribution in [0.5, 0.6) is 0 Å². The zero-order valence-electron chi connectivity index (χ0n) is 9.89. The van der Waals surface area contributed by atoms with E-state index in [1.54, 1.807) is 0 Å². The molecule has 0 bridgehead atoms. The van der Waals surface area contributed by atoms with E-state index in [1.165, 1.54) is 11.3 Å². The Morgan fingerprint density at radius 1 is 1.44 bits per heavy atom. The van der Waals surface area contributed by atoms with E-state index in [2.05, 4.69) is 10.6 Å². The summed E-state index contributed by atoms with van der Waals surface area (Å²) in [7, 11) is 0. The van der Waals surface area contributed by atoms with Gasteiger partial charge in [0.25, 0.3) is 0 Å². The molecule has 1 aromatic rings. The Kier molecular flexibility index (Phi) is 4.33. The van der Waals surface area contributed by atoms with E-state index >= 15 is 0 Å². The fourth-order valence-electron chi connectivity index (χ4n) is 1.50. The third kappa shape index (κ3) is 3.82. The molecule has 0 saturated heterocycles. The third-order valence-electron chi connectivity index (χ3n) is 2.69. The highest BCUT2D eigenvalue weighted by molar-refractivity contribution is 7.10. The van der Waals surface area contributed by atoms with Crippen LogP contribution in [0.25, 0.3) is 0 Å². The van der Waals surface area contributed by atoms with Crippen molar-refractivity contribution in [3.8, 4) is 0 Å². The summed E-state index contributed by atoms with van der Waals surface area (Å²) >= 11 is 1.47. The van der Waals surface area contributed by atoms with Crippen molar-refractivity contribution in [1.29, 1.82) is 0 Å². The van der Waals surface area contributed by atoms with E-state index in [-0.39, 0.29) is 12.6 Å². The number of carbonyl (C=O) groups is 2. The van der Waals surface area contributed by atoms with Gasteiger partial charge in [-0.1, -0.05) is 6.07 Å². The van der Waals surface area contributed by atoms with Crippen LogP contribution in [0.3, 0.4) is 0 Å². The second-order valence-corrected chi connectivity index (χ2v) is 5.30. The van der Waals surface area contributed by atoms with Crippen LogP contribution in [0.15, 0.2) is 17.5 Å². The fraction of sp³-hybridized carbons (Fsp3) is 0.500. The second-order valence-electron chi connectivity index (χ2n) is 4.32. The van der Waals surface area contributed by atoms with Gasteiger partial charge in [-0.2, -0.15) is 0 Å². The van der Waals surface area contributed by atoms with Gasteiger partial charge in [0.2, 0.25) is 0 Å². The summed E-state index contributed by atoms with van der Waals surface area (Å²) in [5.74, 6) is -1.21. The number of thiophene rings is 1. The number of hydrogen-bond acceptors (Lipinski definition) is 4. The Hall–Kier alpha value is -1.40. The molecule has 1 aromatic heterocycles. The molecule has 1 aliphatic rings. The average Bonchev–Trinajstić information content (AvgIpc) is 2.98. The van der Waals surface area contributed by atoms with E-state index < -0.39 is 17.9 Å². The van der Waals surface area contributed by atoms with Crippen molar-refractivity contribution in [3.05, 3.63) is 22.4 Å². The first-order valence-corrected chi connectivity index (χ1v) is 6.85. The van der Waals surface area contributed by atoms with Crippen LogP contribution in [-0.4, -0.2) is 29.5 Å². The van der Waals surface area contributed by atoms with Crippen molar-refractivity contribution in [1.82, 2.24) is 10.6 Å². The predicted molar refractivity (Wildman–Crippen MR) is 68.1 cm³/mol. The van der Waals surface area contributed by atoms with Crippen LogP contribution in [0, 0.1) is 0 Å². The first-order chi connectivity index (χ1) is 8.66. The Morgan fingerprint density at radius 2 is 2.22 bits per heavy atom. The first kappa shape index (κ1) is 13.0. The quantitative estimate of drug-likeness (QED) is 0.683. The van der Waals surface area contributed by atoms with Gasteiger partial charge in [-0.15, -0.1) is 11.3 Å². The van der Waals surface area contributed by atoms with Crippen LogP contribution in [0.4, 0.5) is 0 Å². The Morgan fingerprint density at radius 3 is 2.83 bits per heavy atom. The zero-order valence-corrected chi connectivity index (χ0v) is 10.7. The molecule has 6 heteroatoms. The zero-order chi connectivity index (χ0) is 13.0. The molecular formula is C12H16N2O3S. The van der Waals surface area contributed by atoms with Crippen LogP contribution in [-0.2, 0) is 9.59 Å². The number of nitrogens with one attached hydrogen (secondary N) is 2. The van der Waals surface area contributed by atoms with E-state index in [0.29, 0.717) is 6.42 Å². The van der Waals surface area contributed by atoms with E-state index in [1.807, 2.05) is 17.5 Å². The molecule has 1 unspecified atom stereocenters. The van der Waals surface area contributed by atoms with Gasteiger partial charge >= 0.3 is 11.8 Å². The van der Waals surface area contributed by atoms with Crippen molar-refractivity contribution >= 4 is 23.2 Å². The molecule has 1 atom stereocenters. The lowest BCUT2D eigenvalue weighted by atomic mass is 10.2. The number of aliphatic hydroxyl groups is 1. The van der Waals surface area contributed by atoms with E-state index in [4.69, 9.17) is 0 Å². The number of carbonyl (C=O) groups excluding carboxylic acids is 2. The highest BCUT2D eigenvalue weighted by Gasteiger charge is 2.26. The van der Waals surface area contributed by atoms with Gasteiger partial charge < -0.3 is 15.7 Å². The molecule has 0 spiro atoms. The Bertz CT molecular complexity index is 415. The SMILES string of the molecule is O=C(NCCC(O)c1cccs1)C(=O)NC1CC1. The minimum absolute atomic E-state index is 0.181. The number of hydrogen-bond donors (Lipinski definition) is 3. The highest BCUT2D eigenvalue weighted by Crippen LogP contribution is 2.21. The molecule has 3 N–H and O–H groups in total. The van der Waals surface area contributed by atoms with Crippen LogP contribution in [0.1, 0.15) is 30.2 Å². The molecular weight excluding hydrogens is 252 g/mol. The number of rotatable bonds is 5. The van der Waals surface area contributed by atoms with Gasteiger partial charge in [0, 0.05) is 17.5 Å². The summed E-state index contributed by atoms with van der Waals surface area (Å²) in [6.45, 7) is 0.288. The molecule has 0 aromatic carbocycles. The van der Waals surface area contributed by atoms with Crippen molar-refractivity contribution in [2.24, 2.45) is 0 Å². The largest absolute Gasteiger partial charge is 0.388 e. The average molecular weight is 268 g/mol. The lowest BCUT2D eigenvalue weighted by molar-refractivity contribution is -0.139. The normalized spacial score (nSPS) is 16.1. The lowest BCUT2D eigenvalue weighted by Gasteiger charge is -2.09. The molecule has 5 nitrogen and oxygen atoms in total. The van der Waals surface area contributed by atoms with Gasteiger partial charge in [-0.25, -0.2) is 0 Å². The smallest absolute Gasteiger partial charge is 0.309 e. The van der Waals surface area contributed by atoms with Crippen LogP contribution < -0.4 is 10.6 Å². The van der Waals surface area contributed by atoms with Crippen molar-refractivity contribution in [2.75, 3.05) is 6.54 Å². The minimum atomic E-state index is -0.625. The monoisotopic (exact) mass is 268 g/mol. The topological polar surface area (TPSA) is 78.4 Å². The van der Waals surface area contributed by atoms with Gasteiger partial charge in [-0.05, 0) is 30.7 Å². The van der Waals surface area contributed by atoms with Crippen molar-refractivity contribution < 1.29 is 14.7 Å². The molecule has 18 heavy (non-hydrogen) atoms. The standard InChI is InChI=1S/C12H16N2O3S/c15-9(10-2-1-7-18-10)5-6-13-11(16)12(17)14-8-3-4-8/h1-2,7-9,15H,3-6H2,(H,13,16)(H,14,17). The van der Waals surface area contributed by atoms with E-state index in [9.17, 15) is 14.7 Å². The summed E-state index contributed by atoms with van der Waals surface area (Å²) in [6, 6.07) is 3.89. The maximum absolute atomic E-state index is 11.4. The minimum Gasteiger partial charge on any atom is -0.388 e. The molecule has 0 aliphatic heterocycles. The van der Waals surface area contributed by atoms with Gasteiger partial charge in [0.05, 0.1) is 6.10 Å². The summed E-state index contributed by atoms with van der Waals surface area (Å²) in [4.78, 5) is 23.6. The maximum Gasteiger partial charge on any atom is 0.309 e. The van der Waals surface area contributed by atoms with Crippen molar-refractivity contribution in [3.63, 3.8) is 0 Å². The first-order valence-electron chi connectivity index (χ1n) is 5.97. The third-order valence-corrected chi connectivity index (χ3v) is 3.67. The van der Waals surface area contributed by atoms with Gasteiger partial charge in [-0.3, -0.25) is 9.59 Å².